The van der Waals surface area contributed by atoms with E-state index in [-0.39, 0.29) is 12.3 Å². The summed E-state index contributed by atoms with van der Waals surface area (Å²) in [7, 11) is 1.69. The number of aryl methyl sites for hydroxylation is 1. The molecular weight excluding hydrogens is 340 g/mol. The van der Waals surface area contributed by atoms with Gasteiger partial charge in [-0.25, -0.2) is 9.78 Å². The van der Waals surface area contributed by atoms with E-state index in [1.54, 1.807) is 42.3 Å². The molecule has 4 heterocycles. The maximum atomic E-state index is 12.5. The molecule has 0 bridgehead atoms. The predicted molar refractivity (Wildman–Crippen MR) is 87.9 cm³/mol. The number of imidazole rings is 1. The standard InChI is InChI=1S/C16H14N6O4/c1-22-5-4-18-13(22)16(14(24)20-15(25)21-16)8-19-12(23)11-6-9-7-17-3-2-10(9)26-11/h2-7H,8H2,1H3,(H,19,23)(H2,20,21,24,25). The number of imide groups is 1. The summed E-state index contributed by atoms with van der Waals surface area (Å²) in [5.74, 6) is -0.739. The van der Waals surface area contributed by atoms with Gasteiger partial charge in [0, 0.05) is 37.2 Å². The van der Waals surface area contributed by atoms with Gasteiger partial charge in [-0.1, -0.05) is 0 Å². The molecule has 4 amide bonds. The van der Waals surface area contributed by atoms with E-state index in [1.807, 2.05) is 0 Å². The largest absolute Gasteiger partial charge is 0.451 e. The quantitative estimate of drug-likeness (QED) is 0.566. The summed E-state index contributed by atoms with van der Waals surface area (Å²) < 4.78 is 7.08. The fourth-order valence-electron chi connectivity index (χ4n) is 2.93. The molecule has 1 aliphatic heterocycles. The number of furan rings is 1. The number of rotatable bonds is 4. The number of amides is 4. The van der Waals surface area contributed by atoms with Crippen LogP contribution in [-0.4, -0.2) is 38.9 Å². The minimum absolute atomic E-state index is 0.0766. The van der Waals surface area contributed by atoms with Crippen LogP contribution in [-0.2, 0) is 17.4 Å². The normalized spacial score (nSPS) is 19.4. The highest BCUT2D eigenvalue weighted by Gasteiger charge is 2.50. The molecule has 1 unspecified atom stereocenters. The number of aromatic nitrogens is 3. The first-order valence-corrected chi connectivity index (χ1v) is 7.73. The van der Waals surface area contributed by atoms with E-state index in [0.717, 1.165) is 0 Å². The molecule has 0 saturated carbocycles. The number of urea groups is 1. The molecule has 1 aliphatic rings. The molecule has 26 heavy (non-hydrogen) atoms. The number of carbonyl (C=O) groups excluding carboxylic acids is 3. The molecule has 4 rings (SSSR count). The van der Waals surface area contributed by atoms with E-state index >= 15 is 0 Å². The minimum Gasteiger partial charge on any atom is -0.451 e. The van der Waals surface area contributed by atoms with Crippen LogP contribution in [0, 0.1) is 0 Å². The van der Waals surface area contributed by atoms with Crippen molar-refractivity contribution in [2.75, 3.05) is 6.54 Å². The lowest BCUT2D eigenvalue weighted by Gasteiger charge is -2.25. The fraction of sp³-hybridized carbons (Fsp3) is 0.188. The molecule has 0 spiro atoms. The van der Waals surface area contributed by atoms with Crippen LogP contribution >= 0.6 is 0 Å². The van der Waals surface area contributed by atoms with Gasteiger partial charge >= 0.3 is 6.03 Å². The Morgan fingerprint density at radius 3 is 2.88 bits per heavy atom. The number of nitrogens with zero attached hydrogens (tertiary/aromatic N) is 3. The van der Waals surface area contributed by atoms with Crippen molar-refractivity contribution in [2.45, 2.75) is 5.54 Å². The average molecular weight is 354 g/mol. The SMILES string of the molecule is Cn1ccnc1C1(CNC(=O)c2cc3cnccc3o2)NC(=O)NC1=O. The summed E-state index contributed by atoms with van der Waals surface area (Å²) in [6.07, 6.45) is 6.28. The van der Waals surface area contributed by atoms with Crippen LogP contribution in [0.2, 0.25) is 0 Å². The summed E-state index contributed by atoms with van der Waals surface area (Å²) in [4.78, 5) is 44.7. The Kier molecular flexibility index (Phi) is 3.46. The van der Waals surface area contributed by atoms with E-state index in [4.69, 9.17) is 4.42 Å². The second-order valence-corrected chi connectivity index (χ2v) is 5.88. The van der Waals surface area contributed by atoms with Crippen molar-refractivity contribution in [3.63, 3.8) is 0 Å². The number of nitrogens with one attached hydrogen (secondary N) is 3. The molecule has 10 heteroatoms. The lowest BCUT2D eigenvalue weighted by atomic mass is 9.98. The van der Waals surface area contributed by atoms with E-state index in [0.29, 0.717) is 16.8 Å². The van der Waals surface area contributed by atoms with Crippen LogP contribution in [0.15, 0.2) is 41.3 Å². The van der Waals surface area contributed by atoms with Gasteiger partial charge in [-0.2, -0.15) is 0 Å². The van der Waals surface area contributed by atoms with Gasteiger partial charge < -0.3 is 19.6 Å². The molecule has 10 nitrogen and oxygen atoms in total. The highest BCUT2D eigenvalue weighted by atomic mass is 16.3. The Morgan fingerprint density at radius 2 is 2.23 bits per heavy atom. The van der Waals surface area contributed by atoms with Gasteiger partial charge in [0.05, 0.1) is 6.54 Å². The maximum absolute atomic E-state index is 12.5. The smallest absolute Gasteiger partial charge is 0.322 e. The number of hydrogen-bond acceptors (Lipinski definition) is 6. The maximum Gasteiger partial charge on any atom is 0.322 e. The first-order valence-electron chi connectivity index (χ1n) is 7.73. The predicted octanol–water partition coefficient (Wildman–Crippen LogP) is 0.0260. The van der Waals surface area contributed by atoms with Crippen molar-refractivity contribution < 1.29 is 18.8 Å². The van der Waals surface area contributed by atoms with Crippen LogP contribution in [0.1, 0.15) is 16.4 Å². The molecule has 1 fully saturated rings. The Bertz CT molecular complexity index is 1010. The van der Waals surface area contributed by atoms with E-state index in [1.165, 1.54) is 6.20 Å². The molecule has 1 saturated heterocycles. The molecule has 1 atom stereocenters. The zero-order valence-corrected chi connectivity index (χ0v) is 13.6. The molecule has 132 valence electrons. The third-order valence-corrected chi connectivity index (χ3v) is 4.20. The van der Waals surface area contributed by atoms with E-state index in [2.05, 4.69) is 25.9 Å². The van der Waals surface area contributed by atoms with Gasteiger partial charge in [-0.3, -0.25) is 19.9 Å². The lowest BCUT2D eigenvalue weighted by molar-refractivity contribution is -0.124. The fourth-order valence-corrected chi connectivity index (χ4v) is 2.93. The Morgan fingerprint density at radius 1 is 1.38 bits per heavy atom. The first-order chi connectivity index (χ1) is 12.5. The zero-order valence-electron chi connectivity index (χ0n) is 13.6. The molecule has 0 aromatic carbocycles. The van der Waals surface area contributed by atoms with Gasteiger partial charge in [-0.15, -0.1) is 0 Å². The van der Waals surface area contributed by atoms with Crippen molar-refractivity contribution in [1.82, 2.24) is 30.5 Å². The third kappa shape index (κ3) is 2.39. The summed E-state index contributed by atoms with van der Waals surface area (Å²) in [5, 5.41) is 8.05. The van der Waals surface area contributed by atoms with Gasteiger partial charge in [0.2, 0.25) is 0 Å². The summed E-state index contributed by atoms with van der Waals surface area (Å²) in [5.41, 5.74) is -0.977. The summed E-state index contributed by atoms with van der Waals surface area (Å²) >= 11 is 0. The van der Waals surface area contributed by atoms with Gasteiger partial charge in [-0.05, 0) is 12.1 Å². The number of fused-ring (bicyclic) bond motifs is 1. The van der Waals surface area contributed by atoms with Crippen LogP contribution in [0.25, 0.3) is 11.0 Å². The van der Waals surface area contributed by atoms with Crippen LogP contribution in [0.5, 0.6) is 0 Å². The molecule has 3 aromatic heterocycles. The molecule has 0 radical (unpaired) electrons. The summed E-state index contributed by atoms with van der Waals surface area (Å²) in [6.45, 7) is -0.191. The Hall–Kier alpha value is -3.69. The van der Waals surface area contributed by atoms with E-state index in [9.17, 15) is 14.4 Å². The van der Waals surface area contributed by atoms with Gasteiger partial charge in [0.15, 0.2) is 11.3 Å². The van der Waals surface area contributed by atoms with Gasteiger partial charge in [0.25, 0.3) is 11.8 Å². The average Bonchev–Trinajstić information content (AvgIpc) is 3.30. The second-order valence-electron chi connectivity index (χ2n) is 5.88. The van der Waals surface area contributed by atoms with E-state index < -0.39 is 23.4 Å². The molecule has 3 aromatic rings. The minimum atomic E-state index is -1.50. The summed E-state index contributed by atoms with van der Waals surface area (Å²) in [6, 6.07) is 2.55. The van der Waals surface area contributed by atoms with Crippen LogP contribution < -0.4 is 16.0 Å². The molecular formula is C16H14N6O4. The first kappa shape index (κ1) is 15.8. The lowest BCUT2D eigenvalue weighted by Crippen LogP contribution is -2.54. The second kappa shape index (κ2) is 5.69. The van der Waals surface area contributed by atoms with Crippen molar-refractivity contribution in [1.29, 1.82) is 0 Å². The van der Waals surface area contributed by atoms with Gasteiger partial charge in [0.1, 0.15) is 11.4 Å². The molecule has 3 N–H and O–H groups in total. The number of pyridine rings is 1. The Labute approximate surface area is 146 Å². The topological polar surface area (TPSA) is 131 Å². The van der Waals surface area contributed by atoms with Crippen LogP contribution in [0.3, 0.4) is 0 Å². The highest BCUT2D eigenvalue weighted by molar-refractivity contribution is 6.07. The third-order valence-electron chi connectivity index (χ3n) is 4.20. The van der Waals surface area contributed by atoms with Crippen molar-refractivity contribution in [3.8, 4) is 0 Å². The zero-order chi connectivity index (χ0) is 18.3. The Balaban J connectivity index is 1.61. The monoisotopic (exact) mass is 354 g/mol. The van der Waals surface area contributed by atoms with Crippen molar-refractivity contribution in [3.05, 3.63) is 48.5 Å². The number of hydrogen-bond donors (Lipinski definition) is 3. The van der Waals surface area contributed by atoms with Crippen molar-refractivity contribution >= 4 is 28.8 Å². The highest BCUT2D eigenvalue weighted by Crippen LogP contribution is 2.23. The number of carbonyl (C=O) groups is 3. The van der Waals surface area contributed by atoms with Crippen LogP contribution in [0.4, 0.5) is 4.79 Å². The molecule has 0 aliphatic carbocycles. The van der Waals surface area contributed by atoms with Crippen molar-refractivity contribution in [2.24, 2.45) is 7.05 Å².